The number of carbonyl (C=O) groups is 1. The van der Waals surface area contributed by atoms with Crippen LogP contribution >= 0.6 is 0 Å². The first-order valence-electron chi connectivity index (χ1n) is 4.59. The first-order chi connectivity index (χ1) is 6.70. The fourth-order valence-corrected chi connectivity index (χ4v) is 0.962. The lowest BCUT2D eigenvalue weighted by Crippen LogP contribution is -2.30. The SMILES string of the molecule is CCOCCN(CC#N)CCC(=O)O. The van der Waals surface area contributed by atoms with Gasteiger partial charge in [0.2, 0.25) is 0 Å². The lowest BCUT2D eigenvalue weighted by molar-refractivity contribution is -0.137. The molecule has 0 aromatic carbocycles. The zero-order valence-corrected chi connectivity index (χ0v) is 8.40. The number of hydrogen-bond donors (Lipinski definition) is 1. The average Bonchev–Trinajstić information content (AvgIpc) is 2.14. The molecule has 0 aliphatic carbocycles. The summed E-state index contributed by atoms with van der Waals surface area (Å²) in [6.45, 7) is 4.33. The maximum absolute atomic E-state index is 10.3. The van der Waals surface area contributed by atoms with Gasteiger partial charge in [-0.05, 0) is 6.92 Å². The second-order valence-electron chi connectivity index (χ2n) is 2.77. The van der Waals surface area contributed by atoms with Gasteiger partial charge in [0.1, 0.15) is 0 Å². The number of carboxylic acids is 1. The second-order valence-corrected chi connectivity index (χ2v) is 2.77. The highest BCUT2D eigenvalue weighted by Gasteiger charge is 2.06. The van der Waals surface area contributed by atoms with E-state index >= 15 is 0 Å². The smallest absolute Gasteiger partial charge is 0.304 e. The minimum atomic E-state index is -0.843. The van der Waals surface area contributed by atoms with E-state index in [9.17, 15) is 4.79 Å². The van der Waals surface area contributed by atoms with Crippen LogP contribution in [-0.4, -0.2) is 48.8 Å². The van der Waals surface area contributed by atoms with Crippen molar-refractivity contribution >= 4 is 5.97 Å². The summed E-state index contributed by atoms with van der Waals surface area (Å²) in [6.07, 6.45) is 0.0633. The summed E-state index contributed by atoms with van der Waals surface area (Å²) in [5.74, 6) is -0.843. The second kappa shape index (κ2) is 8.48. The van der Waals surface area contributed by atoms with Gasteiger partial charge in [-0.1, -0.05) is 0 Å². The van der Waals surface area contributed by atoms with Crippen molar-refractivity contribution in [2.24, 2.45) is 0 Å². The molecular weight excluding hydrogens is 184 g/mol. The highest BCUT2D eigenvalue weighted by atomic mass is 16.5. The van der Waals surface area contributed by atoms with Crippen LogP contribution in [0.15, 0.2) is 0 Å². The summed E-state index contributed by atoms with van der Waals surface area (Å²) >= 11 is 0. The van der Waals surface area contributed by atoms with Gasteiger partial charge in [0.25, 0.3) is 0 Å². The van der Waals surface area contributed by atoms with E-state index in [4.69, 9.17) is 15.1 Å². The third-order valence-electron chi connectivity index (χ3n) is 1.69. The summed E-state index contributed by atoms with van der Waals surface area (Å²) in [6, 6.07) is 2.00. The number of nitrogens with zero attached hydrogens (tertiary/aromatic N) is 2. The van der Waals surface area contributed by atoms with E-state index in [-0.39, 0.29) is 13.0 Å². The highest BCUT2D eigenvalue weighted by Crippen LogP contribution is 1.91. The molecule has 0 bridgehead atoms. The molecule has 0 heterocycles. The van der Waals surface area contributed by atoms with Crippen molar-refractivity contribution in [1.82, 2.24) is 4.90 Å². The Hall–Kier alpha value is -1.12. The van der Waals surface area contributed by atoms with E-state index in [1.54, 1.807) is 4.90 Å². The van der Waals surface area contributed by atoms with Crippen LogP contribution in [0, 0.1) is 11.3 Å². The van der Waals surface area contributed by atoms with Gasteiger partial charge < -0.3 is 9.84 Å². The monoisotopic (exact) mass is 200 g/mol. The van der Waals surface area contributed by atoms with Crippen LogP contribution in [0.2, 0.25) is 0 Å². The maximum Gasteiger partial charge on any atom is 0.304 e. The Labute approximate surface area is 83.9 Å². The molecule has 80 valence electrons. The predicted octanol–water partition coefficient (Wildman–Crippen LogP) is 0.323. The number of ether oxygens (including phenoxy) is 1. The molecule has 5 nitrogen and oxygen atoms in total. The summed E-state index contributed by atoms with van der Waals surface area (Å²) in [4.78, 5) is 12.1. The van der Waals surface area contributed by atoms with Crippen molar-refractivity contribution < 1.29 is 14.6 Å². The van der Waals surface area contributed by atoms with Crippen LogP contribution in [0.4, 0.5) is 0 Å². The van der Waals surface area contributed by atoms with Gasteiger partial charge >= 0.3 is 5.97 Å². The van der Waals surface area contributed by atoms with Crippen LogP contribution in [-0.2, 0) is 9.53 Å². The first kappa shape index (κ1) is 12.9. The number of rotatable bonds is 8. The minimum Gasteiger partial charge on any atom is -0.481 e. The molecule has 14 heavy (non-hydrogen) atoms. The number of nitriles is 1. The Morgan fingerprint density at radius 1 is 1.57 bits per heavy atom. The van der Waals surface area contributed by atoms with Gasteiger partial charge in [0.15, 0.2) is 0 Å². The van der Waals surface area contributed by atoms with Gasteiger partial charge in [0.05, 0.1) is 25.6 Å². The zero-order valence-electron chi connectivity index (χ0n) is 8.40. The van der Waals surface area contributed by atoms with Crippen molar-refractivity contribution in [1.29, 1.82) is 5.26 Å². The lowest BCUT2D eigenvalue weighted by atomic mass is 10.3. The van der Waals surface area contributed by atoms with Crippen molar-refractivity contribution in [3.05, 3.63) is 0 Å². The molecule has 0 radical (unpaired) electrons. The highest BCUT2D eigenvalue weighted by molar-refractivity contribution is 5.66. The van der Waals surface area contributed by atoms with E-state index in [0.29, 0.717) is 26.3 Å². The van der Waals surface area contributed by atoms with Gasteiger partial charge in [-0.15, -0.1) is 0 Å². The van der Waals surface area contributed by atoms with Gasteiger partial charge in [-0.25, -0.2) is 0 Å². The number of hydrogen-bond acceptors (Lipinski definition) is 4. The fourth-order valence-electron chi connectivity index (χ4n) is 0.962. The summed E-state index contributed by atoms with van der Waals surface area (Å²) in [5, 5.41) is 16.9. The normalized spacial score (nSPS) is 10.1. The minimum absolute atomic E-state index is 0.0633. The van der Waals surface area contributed by atoms with Crippen LogP contribution in [0.3, 0.4) is 0 Å². The molecule has 0 rings (SSSR count). The average molecular weight is 200 g/mol. The molecule has 5 heteroatoms. The molecule has 0 aliphatic rings. The molecular formula is C9H16N2O3. The molecule has 0 atom stereocenters. The Bertz CT molecular complexity index is 201. The number of aliphatic carboxylic acids is 1. The molecule has 0 saturated heterocycles. The molecule has 0 aliphatic heterocycles. The van der Waals surface area contributed by atoms with Gasteiger partial charge in [-0.3, -0.25) is 9.69 Å². The van der Waals surface area contributed by atoms with Gasteiger partial charge in [0, 0.05) is 19.7 Å². The summed E-state index contributed by atoms with van der Waals surface area (Å²) in [7, 11) is 0. The van der Waals surface area contributed by atoms with Crippen LogP contribution in [0.1, 0.15) is 13.3 Å². The van der Waals surface area contributed by atoms with Crippen LogP contribution in [0.25, 0.3) is 0 Å². The van der Waals surface area contributed by atoms with E-state index < -0.39 is 5.97 Å². The number of carboxylic acid groups (broad SMARTS) is 1. The lowest BCUT2D eigenvalue weighted by Gasteiger charge is -2.17. The van der Waals surface area contributed by atoms with E-state index in [2.05, 4.69) is 0 Å². The Balaban J connectivity index is 3.66. The van der Waals surface area contributed by atoms with Crippen molar-refractivity contribution in [3.63, 3.8) is 0 Å². The molecule has 0 unspecified atom stereocenters. The summed E-state index contributed by atoms with van der Waals surface area (Å²) < 4.78 is 5.12. The van der Waals surface area contributed by atoms with Crippen molar-refractivity contribution in [3.8, 4) is 6.07 Å². The maximum atomic E-state index is 10.3. The van der Waals surface area contributed by atoms with Crippen LogP contribution in [0.5, 0.6) is 0 Å². The Kier molecular flexibility index (Phi) is 7.80. The molecule has 0 saturated carbocycles. The predicted molar refractivity (Wildman–Crippen MR) is 50.8 cm³/mol. The van der Waals surface area contributed by atoms with E-state index in [0.717, 1.165) is 0 Å². The third-order valence-corrected chi connectivity index (χ3v) is 1.69. The Morgan fingerprint density at radius 3 is 2.79 bits per heavy atom. The van der Waals surface area contributed by atoms with Crippen LogP contribution < -0.4 is 0 Å². The molecule has 0 fully saturated rings. The molecule has 0 spiro atoms. The van der Waals surface area contributed by atoms with E-state index in [1.165, 1.54) is 0 Å². The summed E-state index contributed by atoms with van der Waals surface area (Å²) in [5.41, 5.74) is 0. The quantitative estimate of drug-likeness (QED) is 0.451. The van der Waals surface area contributed by atoms with Crippen molar-refractivity contribution in [2.75, 3.05) is 32.8 Å². The first-order valence-corrected chi connectivity index (χ1v) is 4.59. The molecule has 0 amide bonds. The topological polar surface area (TPSA) is 73.6 Å². The zero-order chi connectivity index (χ0) is 10.8. The molecule has 0 aromatic heterocycles. The molecule has 0 aromatic rings. The van der Waals surface area contributed by atoms with E-state index in [1.807, 2.05) is 13.0 Å². The Morgan fingerprint density at radius 2 is 2.29 bits per heavy atom. The standard InChI is InChI=1S/C9H16N2O3/c1-2-14-8-7-11(6-4-10)5-3-9(12)13/h2-3,5-8H2,1H3,(H,12,13). The largest absolute Gasteiger partial charge is 0.481 e. The fraction of sp³-hybridized carbons (Fsp3) is 0.778. The molecule has 1 N–H and O–H groups in total. The van der Waals surface area contributed by atoms with Crippen molar-refractivity contribution in [2.45, 2.75) is 13.3 Å². The van der Waals surface area contributed by atoms with Gasteiger partial charge in [-0.2, -0.15) is 5.26 Å². The third kappa shape index (κ3) is 7.53.